The Balaban J connectivity index is 0.00000220. The zero-order valence-corrected chi connectivity index (χ0v) is 16.8. The summed E-state index contributed by atoms with van der Waals surface area (Å²) in [5, 5.41) is 14.4. The first-order chi connectivity index (χ1) is 9.50. The van der Waals surface area contributed by atoms with Crippen molar-refractivity contribution < 1.29 is 5.11 Å². The molecule has 1 atom stereocenters. The Bertz CT molecular complexity index is 468. The fourth-order valence-corrected chi connectivity index (χ4v) is 3.39. The van der Waals surface area contributed by atoms with Crippen molar-refractivity contribution in [3.8, 4) is 5.75 Å². The second-order valence-corrected chi connectivity index (χ2v) is 6.98. The minimum absolute atomic E-state index is 0. The highest BCUT2D eigenvalue weighted by Crippen LogP contribution is 2.42. The predicted octanol–water partition coefficient (Wildman–Crippen LogP) is 4.64. The molecule has 1 fully saturated rings. The maximum Gasteiger partial charge on any atom is 0.136 e. The van der Waals surface area contributed by atoms with Crippen LogP contribution in [0.1, 0.15) is 31.9 Å². The van der Waals surface area contributed by atoms with Gasteiger partial charge in [-0.15, -0.1) is 24.8 Å². The molecule has 0 spiro atoms. The molecule has 128 valence electrons. The second kappa shape index (κ2) is 10.2. The average molecular weight is 435 g/mol. The molecule has 2 N–H and O–H groups in total. The van der Waals surface area contributed by atoms with Crippen molar-refractivity contribution in [2.45, 2.75) is 26.3 Å². The van der Waals surface area contributed by atoms with Gasteiger partial charge in [0.1, 0.15) is 5.75 Å². The van der Waals surface area contributed by atoms with Gasteiger partial charge in [-0.25, -0.2) is 0 Å². The van der Waals surface area contributed by atoms with E-state index in [1.807, 2.05) is 6.07 Å². The molecule has 1 aliphatic heterocycles. The topological polar surface area (TPSA) is 35.5 Å². The number of hydrogen-bond donors (Lipinski definition) is 2. The Morgan fingerprint density at radius 1 is 1.27 bits per heavy atom. The van der Waals surface area contributed by atoms with Crippen molar-refractivity contribution in [3.05, 3.63) is 27.2 Å². The van der Waals surface area contributed by atoms with Crippen molar-refractivity contribution in [1.29, 1.82) is 0 Å². The van der Waals surface area contributed by atoms with Gasteiger partial charge in [0.05, 0.1) is 4.47 Å². The standard InChI is InChI=1S/C15H22BrClN2O.2ClH/c1-10(2)9-13(19-7-5-18-6-8-19)14-12(17)4-3-11(16)15(14)20;;/h3-4,10,13,18,20H,5-9H2,1-2H3;2*1H/t13-;;/m1../s1. The van der Waals surface area contributed by atoms with Gasteiger partial charge < -0.3 is 10.4 Å². The molecule has 1 saturated heterocycles. The summed E-state index contributed by atoms with van der Waals surface area (Å²) in [7, 11) is 0. The summed E-state index contributed by atoms with van der Waals surface area (Å²) < 4.78 is 0.709. The molecule has 1 aromatic rings. The lowest BCUT2D eigenvalue weighted by Gasteiger charge is -2.37. The number of phenols is 1. The van der Waals surface area contributed by atoms with Crippen LogP contribution in [0.5, 0.6) is 5.75 Å². The van der Waals surface area contributed by atoms with Gasteiger partial charge in [-0.3, -0.25) is 4.90 Å². The summed E-state index contributed by atoms with van der Waals surface area (Å²) in [5.74, 6) is 0.825. The molecular formula is C15H24BrCl3N2O. The van der Waals surface area contributed by atoms with Crippen LogP contribution in [0.2, 0.25) is 5.02 Å². The fourth-order valence-electron chi connectivity index (χ4n) is 2.76. The van der Waals surface area contributed by atoms with E-state index in [2.05, 4.69) is 40.0 Å². The molecule has 0 aromatic heterocycles. The lowest BCUT2D eigenvalue weighted by molar-refractivity contribution is 0.151. The molecular weight excluding hydrogens is 410 g/mol. The number of halogens is 4. The zero-order valence-electron chi connectivity index (χ0n) is 12.8. The highest BCUT2D eigenvalue weighted by molar-refractivity contribution is 9.10. The molecule has 0 radical (unpaired) electrons. The molecule has 7 heteroatoms. The molecule has 0 saturated carbocycles. The van der Waals surface area contributed by atoms with Crippen LogP contribution in [-0.4, -0.2) is 36.2 Å². The lowest BCUT2D eigenvalue weighted by atomic mass is 9.94. The number of nitrogens with one attached hydrogen (secondary N) is 1. The molecule has 3 nitrogen and oxygen atoms in total. The Kier molecular flexibility index (Phi) is 10.4. The quantitative estimate of drug-likeness (QED) is 0.724. The molecule has 0 amide bonds. The van der Waals surface area contributed by atoms with E-state index < -0.39 is 0 Å². The fraction of sp³-hybridized carbons (Fsp3) is 0.600. The van der Waals surface area contributed by atoms with E-state index in [1.54, 1.807) is 6.07 Å². The monoisotopic (exact) mass is 432 g/mol. The zero-order chi connectivity index (χ0) is 14.7. The first-order valence-corrected chi connectivity index (χ1v) is 8.29. The largest absolute Gasteiger partial charge is 0.506 e. The summed E-state index contributed by atoms with van der Waals surface area (Å²) in [6.07, 6.45) is 0.990. The van der Waals surface area contributed by atoms with E-state index in [0.717, 1.165) is 38.2 Å². The van der Waals surface area contributed by atoms with Gasteiger partial charge in [0.15, 0.2) is 0 Å². The predicted molar refractivity (Wildman–Crippen MR) is 102 cm³/mol. The number of rotatable bonds is 4. The van der Waals surface area contributed by atoms with E-state index in [4.69, 9.17) is 11.6 Å². The van der Waals surface area contributed by atoms with Gasteiger partial charge in [-0.05, 0) is 40.4 Å². The lowest BCUT2D eigenvalue weighted by Crippen LogP contribution is -2.45. The van der Waals surface area contributed by atoms with E-state index >= 15 is 0 Å². The highest BCUT2D eigenvalue weighted by atomic mass is 79.9. The number of benzene rings is 1. The van der Waals surface area contributed by atoms with Crippen molar-refractivity contribution >= 4 is 52.3 Å². The van der Waals surface area contributed by atoms with Crippen LogP contribution in [0.25, 0.3) is 0 Å². The smallest absolute Gasteiger partial charge is 0.136 e. The molecule has 2 rings (SSSR count). The molecule has 1 heterocycles. The third-order valence-electron chi connectivity index (χ3n) is 3.73. The van der Waals surface area contributed by atoms with Crippen LogP contribution in [-0.2, 0) is 0 Å². The van der Waals surface area contributed by atoms with Crippen molar-refractivity contribution in [2.75, 3.05) is 26.2 Å². The summed E-state index contributed by atoms with van der Waals surface area (Å²) in [6.45, 7) is 8.36. The maximum atomic E-state index is 10.4. The van der Waals surface area contributed by atoms with Gasteiger partial charge in [-0.1, -0.05) is 25.4 Å². The third-order valence-corrected chi connectivity index (χ3v) is 4.70. The van der Waals surface area contributed by atoms with Crippen molar-refractivity contribution in [3.63, 3.8) is 0 Å². The number of piperazine rings is 1. The van der Waals surface area contributed by atoms with Crippen molar-refractivity contribution in [2.24, 2.45) is 5.92 Å². The molecule has 1 aromatic carbocycles. The summed E-state index contributed by atoms with van der Waals surface area (Å²) in [4.78, 5) is 2.42. The highest BCUT2D eigenvalue weighted by Gasteiger charge is 2.28. The van der Waals surface area contributed by atoms with Gasteiger partial charge in [0, 0.05) is 42.8 Å². The van der Waals surface area contributed by atoms with Crippen LogP contribution < -0.4 is 5.32 Å². The first-order valence-electron chi connectivity index (χ1n) is 7.12. The van der Waals surface area contributed by atoms with E-state index in [1.165, 1.54) is 0 Å². The van der Waals surface area contributed by atoms with Gasteiger partial charge in [-0.2, -0.15) is 0 Å². The molecule has 0 aliphatic carbocycles. The van der Waals surface area contributed by atoms with Crippen LogP contribution in [0.4, 0.5) is 0 Å². The van der Waals surface area contributed by atoms with Crippen LogP contribution in [0.15, 0.2) is 16.6 Å². The number of hydrogen-bond acceptors (Lipinski definition) is 3. The minimum Gasteiger partial charge on any atom is -0.506 e. The molecule has 1 aliphatic rings. The first kappa shape index (κ1) is 22.3. The number of aromatic hydroxyl groups is 1. The normalized spacial score (nSPS) is 16.8. The van der Waals surface area contributed by atoms with Crippen molar-refractivity contribution in [1.82, 2.24) is 10.2 Å². The van der Waals surface area contributed by atoms with E-state index in [-0.39, 0.29) is 36.6 Å². The average Bonchev–Trinajstić information content (AvgIpc) is 2.43. The van der Waals surface area contributed by atoms with Gasteiger partial charge in [0.2, 0.25) is 0 Å². The minimum atomic E-state index is 0. The Hall–Kier alpha value is 0.290. The van der Waals surface area contributed by atoms with Gasteiger partial charge >= 0.3 is 0 Å². The molecule has 0 bridgehead atoms. The summed E-state index contributed by atoms with van der Waals surface area (Å²) in [5.41, 5.74) is 0.858. The molecule has 22 heavy (non-hydrogen) atoms. The van der Waals surface area contributed by atoms with Gasteiger partial charge in [0.25, 0.3) is 0 Å². The number of phenolic OH excluding ortho intramolecular Hbond substituents is 1. The summed E-state index contributed by atoms with van der Waals surface area (Å²) >= 11 is 9.78. The number of nitrogens with zero attached hydrogens (tertiary/aromatic N) is 1. The third kappa shape index (κ3) is 5.43. The van der Waals surface area contributed by atoms with Crippen LogP contribution in [0.3, 0.4) is 0 Å². The second-order valence-electron chi connectivity index (χ2n) is 5.72. The Morgan fingerprint density at radius 3 is 2.41 bits per heavy atom. The summed E-state index contributed by atoms with van der Waals surface area (Å²) in [6, 6.07) is 3.82. The Labute approximate surface area is 158 Å². The van der Waals surface area contributed by atoms with E-state index in [9.17, 15) is 5.11 Å². The van der Waals surface area contributed by atoms with Crippen LogP contribution >= 0.6 is 52.3 Å². The van der Waals surface area contributed by atoms with Crippen LogP contribution in [0, 0.1) is 5.92 Å². The maximum absolute atomic E-state index is 10.4. The Morgan fingerprint density at radius 2 is 1.86 bits per heavy atom. The SMILES string of the molecule is CC(C)C[C@H](c1c(Cl)ccc(Br)c1O)N1CCNCC1.Cl.Cl. The molecule has 0 unspecified atom stereocenters. The van der Waals surface area contributed by atoms with E-state index in [0.29, 0.717) is 15.4 Å².